The average molecular weight is 401 g/mol. The van der Waals surface area contributed by atoms with Crippen LogP contribution in [0.1, 0.15) is 5.56 Å². The molecule has 7 heteroatoms. The monoisotopic (exact) mass is 401 g/mol. The molecule has 0 aliphatic heterocycles. The average Bonchev–Trinajstić information content (AvgIpc) is 2.84. The topological polar surface area (TPSA) is 77.5 Å². The van der Waals surface area contributed by atoms with E-state index in [-0.39, 0.29) is 24.0 Å². The van der Waals surface area contributed by atoms with E-state index < -0.39 is 0 Å². The Hall–Kier alpha value is -1.77. The molecule has 6 nitrogen and oxygen atoms in total. The fourth-order valence-corrected chi connectivity index (χ4v) is 1.75. The van der Waals surface area contributed by atoms with Gasteiger partial charge in [-0.25, -0.2) is 0 Å². The van der Waals surface area contributed by atoms with Gasteiger partial charge < -0.3 is 15.8 Å². The molecule has 0 bridgehead atoms. The van der Waals surface area contributed by atoms with E-state index in [2.05, 4.69) is 15.4 Å². The molecule has 0 saturated heterocycles. The minimum atomic E-state index is 0. The molecule has 0 amide bonds. The number of anilines is 1. The highest BCUT2D eigenvalue weighted by atomic mass is 127. The van der Waals surface area contributed by atoms with Gasteiger partial charge in [-0.15, -0.1) is 24.0 Å². The van der Waals surface area contributed by atoms with Gasteiger partial charge in [0.15, 0.2) is 5.96 Å². The zero-order valence-electron chi connectivity index (χ0n) is 12.1. The Bertz CT molecular complexity index is 597. The van der Waals surface area contributed by atoms with E-state index in [0.29, 0.717) is 19.0 Å². The van der Waals surface area contributed by atoms with Crippen LogP contribution in [0, 0.1) is 6.92 Å². The summed E-state index contributed by atoms with van der Waals surface area (Å²) >= 11 is 0. The molecule has 0 fully saturated rings. The van der Waals surface area contributed by atoms with Crippen LogP contribution in [-0.4, -0.2) is 29.4 Å². The number of hydrogen-bond acceptors (Lipinski definition) is 3. The van der Waals surface area contributed by atoms with E-state index in [0.717, 1.165) is 17.0 Å². The van der Waals surface area contributed by atoms with E-state index in [1.165, 1.54) is 0 Å². The zero-order chi connectivity index (χ0) is 14.4. The molecular formula is C14H20IN5O. The van der Waals surface area contributed by atoms with Crippen LogP contribution in [0.15, 0.2) is 41.7 Å². The number of guanidine groups is 1. The number of benzene rings is 1. The number of nitrogens with two attached hydrogens (primary N) is 1. The molecular weight excluding hydrogens is 381 g/mol. The second kappa shape index (κ2) is 8.50. The maximum absolute atomic E-state index is 5.84. The van der Waals surface area contributed by atoms with Crippen LogP contribution in [0.5, 0.6) is 5.75 Å². The Kier molecular flexibility index (Phi) is 7.00. The Morgan fingerprint density at radius 3 is 2.95 bits per heavy atom. The van der Waals surface area contributed by atoms with Crippen LogP contribution in [0.2, 0.25) is 0 Å². The van der Waals surface area contributed by atoms with Crippen molar-refractivity contribution < 1.29 is 4.74 Å². The van der Waals surface area contributed by atoms with Crippen molar-refractivity contribution >= 4 is 35.6 Å². The molecule has 2 aromatic rings. The Morgan fingerprint density at radius 2 is 2.29 bits per heavy atom. The molecule has 0 radical (unpaired) electrons. The first-order valence-corrected chi connectivity index (χ1v) is 6.37. The summed E-state index contributed by atoms with van der Waals surface area (Å²) in [5.74, 6) is 1.15. The van der Waals surface area contributed by atoms with Crippen molar-refractivity contribution in [2.75, 3.05) is 19.0 Å². The molecule has 0 aliphatic rings. The predicted octanol–water partition coefficient (Wildman–Crippen LogP) is 2.24. The van der Waals surface area contributed by atoms with E-state index in [9.17, 15) is 0 Å². The van der Waals surface area contributed by atoms with Gasteiger partial charge in [0.1, 0.15) is 5.75 Å². The summed E-state index contributed by atoms with van der Waals surface area (Å²) in [5, 5.41) is 7.22. The molecule has 114 valence electrons. The van der Waals surface area contributed by atoms with Gasteiger partial charge in [-0.2, -0.15) is 5.10 Å². The van der Waals surface area contributed by atoms with Gasteiger partial charge in [-0.3, -0.25) is 9.67 Å². The number of aryl methyl sites for hydroxylation is 1. The highest BCUT2D eigenvalue weighted by molar-refractivity contribution is 14.0. The van der Waals surface area contributed by atoms with Crippen LogP contribution in [0.3, 0.4) is 0 Å². The number of halogens is 1. The second-order valence-corrected chi connectivity index (χ2v) is 4.40. The first-order valence-electron chi connectivity index (χ1n) is 6.37. The summed E-state index contributed by atoms with van der Waals surface area (Å²) < 4.78 is 6.99. The first-order chi connectivity index (χ1) is 9.67. The van der Waals surface area contributed by atoms with Gasteiger partial charge in [0.2, 0.25) is 0 Å². The van der Waals surface area contributed by atoms with E-state index in [1.54, 1.807) is 7.11 Å². The summed E-state index contributed by atoms with van der Waals surface area (Å²) in [7, 11) is 1.63. The molecule has 0 aliphatic carbocycles. The molecule has 0 atom stereocenters. The van der Waals surface area contributed by atoms with E-state index >= 15 is 0 Å². The lowest BCUT2D eigenvalue weighted by molar-refractivity contribution is 0.415. The fourth-order valence-electron chi connectivity index (χ4n) is 1.75. The molecule has 0 spiro atoms. The van der Waals surface area contributed by atoms with Crippen LogP contribution >= 0.6 is 24.0 Å². The number of nitrogens with one attached hydrogen (secondary N) is 1. The number of ether oxygens (including phenoxy) is 1. The molecule has 0 saturated carbocycles. The van der Waals surface area contributed by atoms with Crippen molar-refractivity contribution in [3.8, 4) is 5.75 Å². The van der Waals surface area contributed by atoms with Gasteiger partial charge in [0.05, 0.1) is 26.4 Å². The maximum Gasteiger partial charge on any atom is 0.193 e. The van der Waals surface area contributed by atoms with Gasteiger partial charge in [-0.05, 0) is 24.6 Å². The number of rotatable bonds is 5. The molecule has 1 aromatic heterocycles. The van der Waals surface area contributed by atoms with Crippen molar-refractivity contribution in [3.05, 3.63) is 42.2 Å². The number of nitrogens with zero attached hydrogens (tertiary/aromatic N) is 3. The molecule has 0 unspecified atom stereocenters. The molecule has 2 rings (SSSR count). The SMILES string of the molecule is COc1cccc(NC(N)=NCCn2cc(C)cn2)c1.I. The molecule has 21 heavy (non-hydrogen) atoms. The zero-order valence-corrected chi connectivity index (χ0v) is 14.4. The lowest BCUT2D eigenvalue weighted by Gasteiger charge is -2.07. The normalized spacial score (nSPS) is 10.9. The Morgan fingerprint density at radius 1 is 1.48 bits per heavy atom. The van der Waals surface area contributed by atoms with Crippen LogP contribution in [-0.2, 0) is 6.54 Å². The third-order valence-electron chi connectivity index (χ3n) is 2.72. The van der Waals surface area contributed by atoms with E-state index in [4.69, 9.17) is 10.5 Å². The van der Waals surface area contributed by atoms with Crippen LogP contribution in [0.25, 0.3) is 0 Å². The summed E-state index contributed by atoms with van der Waals surface area (Å²) in [6.07, 6.45) is 3.79. The summed E-state index contributed by atoms with van der Waals surface area (Å²) in [4.78, 5) is 4.26. The standard InChI is InChI=1S/C14H19N5O.HI/c1-11-9-17-19(10-11)7-6-16-14(15)18-12-4-3-5-13(8-12)20-2;/h3-5,8-10H,6-7H2,1-2H3,(H3,15,16,18);1H. The highest BCUT2D eigenvalue weighted by Crippen LogP contribution is 2.16. The third kappa shape index (κ3) is 5.62. The molecule has 1 aromatic carbocycles. The van der Waals surface area contributed by atoms with Crippen molar-refractivity contribution in [2.45, 2.75) is 13.5 Å². The largest absolute Gasteiger partial charge is 0.497 e. The Labute approximate surface area is 141 Å². The van der Waals surface area contributed by atoms with Gasteiger partial charge >= 0.3 is 0 Å². The Balaban J connectivity index is 0.00000220. The van der Waals surface area contributed by atoms with Crippen LogP contribution in [0.4, 0.5) is 5.69 Å². The minimum Gasteiger partial charge on any atom is -0.497 e. The predicted molar refractivity (Wildman–Crippen MR) is 95.5 cm³/mol. The summed E-state index contributed by atoms with van der Waals surface area (Å²) in [5.41, 5.74) is 7.82. The van der Waals surface area contributed by atoms with E-state index in [1.807, 2.05) is 48.3 Å². The summed E-state index contributed by atoms with van der Waals surface area (Å²) in [6.45, 7) is 3.28. The van der Waals surface area contributed by atoms with Crippen molar-refractivity contribution in [1.82, 2.24) is 9.78 Å². The molecule has 3 N–H and O–H groups in total. The number of methoxy groups -OCH3 is 1. The smallest absolute Gasteiger partial charge is 0.193 e. The first kappa shape index (κ1) is 17.3. The number of aromatic nitrogens is 2. The third-order valence-corrected chi connectivity index (χ3v) is 2.72. The van der Waals surface area contributed by atoms with Crippen molar-refractivity contribution in [3.63, 3.8) is 0 Å². The van der Waals surface area contributed by atoms with Crippen molar-refractivity contribution in [2.24, 2.45) is 10.7 Å². The lowest BCUT2D eigenvalue weighted by Crippen LogP contribution is -2.23. The number of aliphatic imine (C=N–C) groups is 1. The van der Waals surface area contributed by atoms with Gasteiger partial charge in [-0.1, -0.05) is 6.07 Å². The van der Waals surface area contributed by atoms with Gasteiger partial charge in [0, 0.05) is 18.0 Å². The summed E-state index contributed by atoms with van der Waals surface area (Å²) in [6, 6.07) is 7.53. The fraction of sp³-hybridized carbons (Fsp3) is 0.286. The molecule has 1 heterocycles. The number of hydrogen-bond donors (Lipinski definition) is 2. The second-order valence-electron chi connectivity index (χ2n) is 4.40. The highest BCUT2D eigenvalue weighted by Gasteiger charge is 1.98. The lowest BCUT2D eigenvalue weighted by atomic mass is 10.3. The van der Waals surface area contributed by atoms with Crippen molar-refractivity contribution in [1.29, 1.82) is 0 Å². The maximum atomic E-state index is 5.84. The van der Waals surface area contributed by atoms with Gasteiger partial charge in [0.25, 0.3) is 0 Å². The van der Waals surface area contributed by atoms with Crippen LogP contribution < -0.4 is 15.8 Å². The minimum absolute atomic E-state index is 0. The quantitative estimate of drug-likeness (QED) is 0.458.